The summed E-state index contributed by atoms with van der Waals surface area (Å²) in [6, 6.07) is 46.6. The fraction of sp³-hybridized carbons (Fsp3) is 0.128. The average Bonchev–Trinajstić information content (AvgIpc) is 3.47. The molecule has 49 heavy (non-hydrogen) atoms. The lowest BCUT2D eigenvalue weighted by molar-refractivity contribution is 0.377. The fourth-order valence-electron chi connectivity index (χ4n) is 8.05. The maximum Gasteiger partial charge on any atom is 0.137 e. The summed E-state index contributed by atoms with van der Waals surface area (Å²) < 4.78 is 0. The largest absolute Gasteiger partial charge is 0.317 e. The van der Waals surface area contributed by atoms with Crippen molar-refractivity contribution in [2.45, 2.75) is 31.8 Å². The van der Waals surface area contributed by atoms with E-state index in [1.807, 2.05) is 0 Å². The molecule has 6 aromatic carbocycles. The third kappa shape index (κ3) is 4.98. The van der Waals surface area contributed by atoms with Gasteiger partial charge in [-0.2, -0.15) is 0 Å². The summed E-state index contributed by atoms with van der Waals surface area (Å²) in [5, 5.41) is 4.99. The quantitative estimate of drug-likeness (QED) is 0.173. The molecule has 0 spiro atoms. The minimum Gasteiger partial charge on any atom is -0.317 e. The van der Waals surface area contributed by atoms with Gasteiger partial charge in [0.15, 0.2) is 0 Å². The van der Waals surface area contributed by atoms with E-state index in [4.69, 9.17) is 4.99 Å². The number of allylic oxidation sites excluding steroid dienone is 5. The van der Waals surface area contributed by atoms with Crippen LogP contribution < -0.4 is 0 Å². The molecule has 6 aromatic rings. The second kappa shape index (κ2) is 11.8. The van der Waals surface area contributed by atoms with E-state index in [2.05, 4.69) is 189 Å². The summed E-state index contributed by atoms with van der Waals surface area (Å²) in [6.07, 6.45) is 17.0. The molecule has 3 aliphatic rings. The molecule has 0 amide bonds. The van der Waals surface area contributed by atoms with Crippen LogP contribution >= 0.6 is 0 Å². The van der Waals surface area contributed by atoms with Gasteiger partial charge < -0.3 is 4.90 Å². The first-order valence-electron chi connectivity index (χ1n) is 17.4. The lowest BCUT2D eigenvalue weighted by Crippen LogP contribution is -2.43. The SMILES string of the molecule is CC1C=C(N2C(c3ccc4c(-c5ccc(-c6ccccc6)cc5)c5ccccc5c(-c5ccccc5)c4c3)=NC3(C)C=CC=CC23)C=CC1. The molecule has 0 saturated carbocycles. The number of nitrogens with zero attached hydrogens (tertiary/aromatic N) is 2. The van der Waals surface area contributed by atoms with Gasteiger partial charge in [0.2, 0.25) is 0 Å². The van der Waals surface area contributed by atoms with Crippen molar-refractivity contribution in [1.82, 2.24) is 4.90 Å². The summed E-state index contributed by atoms with van der Waals surface area (Å²) in [7, 11) is 0. The summed E-state index contributed by atoms with van der Waals surface area (Å²) >= 11 is 0. The van der Waals surface area contributed by atoms with Crippen LogP contribution in [0, 0.1) is 5.92 Å². The molecule has 0 N–H and O–H groups in total. The summed E-state index contributed by atoms with van der Waals surface area (Å²) in [6.45, 7) is 4.56. The van der Waals surface area contributed by atoms with E-state index in [1.165, 1.54) is 60.6 Å². The molecule has 0 radical (unpaired) electrons. The van der Waals surface area contributed by atoms with Crippen LogP contribution in [-0.2, 0) is 0 Å². The van der Waals surface area contributed by atoms with Crippen molar-refractivity contribution in [3.8, 4) is 33.4 Å². The number of amidine groups is 1. The number of hydrogen-bond acceptors (Lipinski definition) is 2. The van der Waals surface area contributed by atoms with Crippen LogP contribution in [0.4, 0.5) is 0 Å². The third-order valence-electron chi connectivity index (χ3n) is 10.4. The number of rotatable bonds is 5. The van der Waals surface area contributed by atoms with Crippen LogP contribution in [-0.4, -0.2) is 22.3 Å². The topological polar surface area (TPSA) is 15.6 Å². The van der Waals surface area contributed by atoms with E-state index in [-0.39, 0.29) is 11.6 Å². The Balaban J connectivity index is 1.30. The summed E-state index contributed by atoms with van der Waals surface area (Å²) in [5.74, 6) is 1.51. The van der Waals surface area contributed by atoms with Crippen molar-refractivity contribution in [3.05, 3.63) is 181 Å². The molecule has 0 fully saturated rings. The van der Waals surface area contributed by atoms with Crippen molar-refractivity contribution >= 4 is 27.4 Å². The average molecular weight is 631 g/mol. The Morgan fingerprint density at radius 1 is 0.612 bits per heavy atom. The third-order valence-corrected chi connectivity index (χ3v) is 10.4. The first-order chi connectivity index (χ1) is 24.1. The van der Waals surface area contributed by atoms with E-state index < -0.39 is 0 Å². The highest BCUT2D eigenvalue weighted by Crippen LogP contribution is 2.45. The van der Waals surface area contributed by atoms with E-state index in [9.17, 15) is 0 Å². The summed E-state index contributed by atoms with van der Waals surface area (Å²) in [5.41, 5.74) is 9.43. The molecule has 2 nitrogen and oxygen atoms in total. The maximum absolute atomic E-state index is 5.51. The van der Waals surface area contributed by atoms with Crippen molar-refractivity contribution in [1.29, 1.82) is 0 Å². The van der Waals surface area contributed by atoms with Crippen molar-refractivity contribution in [3.63, 3.8) is 0 Å². The predicted molar refractivity (Wildman–Crippen MR) is 208 cm³/mol. The van der Waals surface area contributed by atoms with E-state index >= 15 is 0 Å². The lowest BCUT2D eigenvalue weighted by Gasteiger charge is -2.35. The van der Waals surface area contributed by atoms with E-state index in [0.29, 0.717) is 5.92 Å². The van der Waals surface area contributed by atoms with Gasteiger partial charge in [0.05, 0.1) is 6.04 Å². The number of fused-ring (bicyclic) bond motifs is 3. The molecule has 3 atom stereocenters. The molecule has 0 saturated heterocycles. The highest BCUT2D eigenvalue weighted by atomic mass is 15.3. The fourth-order valence-corrected chi connectivity index (χ4v) is 8.05. The predicted octanol–water partition coefficient (Wildman–Crippen LogP) is 11.8. The van der Waals surface area contributed by atoms with Gasteiger partial charge in [-0.1, -0.05) is 165 Å². The highest BCUT2D eigenvalue weighted by Gasteiger charge is 2.44. The zero-order valence-electron chi connectivity index (χ0n) is 27.9. The van der Waals surface area contributed by atoms with Gasteiger partial charge in [-0.15, -0.1) is 0 Å². The van der Waals surface area contributed by atoms with Crippen LogP contribution in [0.5, 0.6) is 0 Å². The molecule has 1 heterocycles. The molecule has 0 aromatic heterocycles. The minimum atomic E-state index is -0.342. The molecule has 236 valence electrons. The van der Waals surface area contributed by atoms with Crippen molar-refractivity contribution in [2.75, 3.05) is 0 Å². The number of hydrogen-bond donors (Lipinski definition) is 0. The molecule has 1 aliphatic heterocycles. The monoisotopic (exact) mass is 630 g/mol. The normalized spacial score (nSPS) is 21.2. The first kappa shape index (κ1) is 29.4. The molecule has 3 unspecified atom stereocenters. The van der Waals surface area contributed by atoms with Gasteiger partial charge in [0.25, 0.3) is 0 Å². The van der Waals surface area contributed by atoms with Gasteiger partial charge in [-0.3, -0.25) is 4.99 Å². The van der Waals surface area contributed by atoms with Gasteiger partial charge in [-0.25, -0.2) is 0 Å². The number of benzene rings is 6. The van der Waals surface area contributed by atoms with Gasteiger partial charge >= 0.3 is 0 Å². The maximum atomic E-state index is 5.51. The van der Waals surface area contributed by atoms with Crippen LogP contribution in [0.1, 0.15) is 25.8 Å². The van der Waals surface area contributed by atoms with Gasteiger partial charge in [-0.05, 0) is 86.3 Å². The van der Waals surface area contributed by atoms with Crippen LogP contribution in [0.15, 0.2) is 181 Å². The van der Waals surface area contributed by atoms with E-state index in [1.54, 1.807) is 0 Å². The molecular weight excluding hydrogens is 593 g/mol. The molecule has 2 heteroatoms. The van der Waals surface area contributed by atoms with Crippen molar-refractivity contribution in [2.24, 2.45) is 10.9 Å². The van der Waals surface area contributed by atoms with Crippen LogP contribution in [0.3, 0.4) is 0 Å². The molecular formula is C47H38N2. The number of aliphatic imine (C=N–C) groups is 1. The van der Waals surface area contributed by atoms with Crippen molar-refractivity contribution < 1.29 is 0 Å². The Hall–Kier alpha value is -5.73. The van der Waals surface area contributed by atoms with Gasteiger partial charge in [0.1, 0.15) is 11.4 Å². The Labute approximate surface area is 288 Å². The zero-order valence-corrected chi connectivity index (χ0v) is 27.9. The first-order valence-corrected chi connectivity index (χ1v) is 17.4. The Morgan fingerprint density at radius 3 is 1.90 bits per heavy atom. The second-order valence-corrected chi connectivity index (χ2v) is 13.8. The smallest absolute Gasteiger partial charge is 0.137 e. The molecule has 2 aliphatic carbocycles. The second-order valence-electron chi connectivity index (χ2n) is 13.8. The standard InChI is InChI=1S/C47H38N2/c1-32-14-13-19-38(30-32)49-43-22-11-12-29-47(43,2)48-46(49)37-27-28-41-42(31-37)45(35-17-7-4-8-18-35)40-21-10-9-20-39(40)44(41)36-25-23-34(24-26-36)33-15-5-3-6-16-33/h3-13,15-32,43H,14H2,1-2H3. The Morgan fingerprint density at radius 2 is 1.18 bits per heavy atom. The van der Waals surface area contributed by atoms with Crippen LogP contribution in [0.25, 0.3) is 54.9 Å². The minimum absolute atomic E-state index is 0.119. The Kier molecular flexibility index (Phi) is 7.05. The van der Waals surface area contributed by atoms with E-state index in [0.717, 1.165) is 17.8 Å². The Bertz CT molecular complexity index is 2380. The summed E-state index contributed by atoms with van der Waals surface area (Å²) in [4.78, 5) is 7.99. The zero-order chi connectivity index (χ0) is 33.0. The highest BCUT2D eigenvalue weighted by molar-refractivity contribution is 6.22. The molecule has 9 rings (SSSR count). The van der Waals surface area contributed by atoms with Gasteiger partial charge in [0, 0.05) is 11.3 Å². The van der Waals surface area contributed by atoms with Crippen LogP contribution in [0.2, 0.25) is 0 Å². The lowest BCUT2D eigenvalue weighted by atomic mass is 9.85. The molecule has 0 bridgehead atoms.